The lowest BCUT2D eigenvalue weighted by molar-refractivity contribution is -0.124. The van der Waals surface area contributed by atoms with Gasteiger partial charge in [0, 0.05) is 36.1 Å². The number of carbonyl (C=O) groups excluding carboxylic acids is 2. The van der Waals surface area contributed by atoms with Crippen LogP contribution in [0.25, 0.3) is 0 Å². The molecule has 3 heterocycles. The molecule has 0 aliphatic carbocycles. The number of piperidine rings is 1. The number of benzene rings is 1. The molecule has 1 aromatic heterocycles. The molecule has 0 bridgehead atoms. The molecule has 2 aliphatic heterocycles. The zero-order valence-electron chi connectivity index (χ0n) is 19.4. The lowest BCUT2D eigenvalue weighted by Crippen LogP contribution is -2.49. The van der Waals surface area contributed by atoms with Crippen molar-refractivity contribution in [3.05, 3.63) is 57.8 Å². The van der Waals surface area contributed by atoms with Crippen LogP contribution in [0.4, 0.5) is 0 Å². The molecule has 3 unspecified atom stereocenters. The SMILES string of the molecule is CC(C)CN1C(=O)c2ccccc2C(C(=O)NCCN2CCCCC2C)C1c1cccs1. The second-order valence-electron chi connectivity index (χ2n) is 9.55. The van der Waals surface area contributed by atoms with Crippen molar-refractivity contribution >= 4 is 23.2 Å². The summed E-state index contributed by atoms with van der Waals surface area (Å²) in [7, 11) is 0. The Morgan fingerprint density at radius 1 is 1.19 bits per heavy atom. The maximum absolute atomic E-state index is 13.7. The molecular weight excluding hydrogens is 418 g/mol. The maximum atomic E-state index is 13.7. The highest BCUT2D eigenvalue weighted by atomic mass is 32.1. The molecule has 2 aliphatic rings. The highest BCUT2D eigenvalue weighted by molar-refractivity contribution is 7.10. The van der Waals surface area contributed by atoms with E-state index in [4.69, 9.17) is 0 Å². The van der Waals surface area contributed by atoms with Crippen LogP contribution in [-0.4, -0.2) is 53.8 Å². The van der Waals surface area contributed by atoms with Gasteiger partial charge in [-0.25, -0.2) is 0 Å². The van der Waals surface area contributed by atoms with E-state index in [1.807, 2.05) is 40.6 Å². The minimum atomic E-state index is -0.403. The number of amides is 2. The van der Waals surface area contributed by atoms with Gasteiger partial charge in [-0.2, -0.15) is 0 Å². The number of hydrogen-bond acceptors (Lipinski definition) is 4. The van der Waals surface area contributed by atoms with Crippen molar-refractivity contribution < 1.29 is 9.59 Å². The average molecular weight is 454 g/mol. The summed E-state index contributed by atoms with van der Waals surface area (Å²) in [5.74, 6) is -0.0447. The predicted octanol–water partition coefficient (Wildman–Crippen LogP) is 4.68. The van der Waals surface area contributed by atoms with Gasteiger partial charge in [-0.3, -0.25) is 14.5 Å². The normalized spacial score (nSPS) is 23.9. The van der Waals surface area contributed by atoms with Crippen LogP contribution in [0.2, 0.25) is 0 Å². The molecule has 0 spiro atoms. The molecule has 1 N–H and O–H groups in total. The Kier molecular flexibility index (Phi) is 7.31. The number of thiophene rings is 1. The Balaban J connectivity index is 1.61. The first-order chi connectivity index (χ1) is 15.5. The third kappa shape index (κ3) is 4.76. The molecule has 5 nitrogen and oxygen atoms in total. The molecule has 2 amide bonds. The first-order valence-electron chi connectivity index (χ1n) is 11.9. The molecule has 1 fully saturated rings. The Labute approximate surface area is 195 Å². The Morgan fingerprint density at radius 3 is 2.72 bits per heavy atom. The second-order valence-corrected chi connectivity index (χ2v) is 10.5. The van der Waals surface area contributed by atoms with Crippen LogP contribution in [0.3, 0.4) is 0 Å². The van der Waals surface area contributed by atoms with Gasteiger partial charge in [0.05, 0.1) is 12.0 Å². The lowest BCUT2D eigenvalue weighted by Gasteiger charge is -2.42. The van der Waals surface area contributed by atoms with Crippen molar-refractivity contribution in [3.63, 3.8) is 0 Å². The van der Waals surface area contributed by atoms with Crippen LogP contribution in [0, 0.1) is 5.92 Å². The quantitative estimate of drug-likeness (QED) is 0.663. The first-order valence-corrected chi connectivity index (χ1v) is 12.8. The van der Waals surface area contributed by atoms with E-state index in [-0.39, 0.29) is 17.9 Å². The van der Waals surface area contributed by atoms with Crippen molar-refractivity contribution in [2.45, 2.75) is 58.0 Å². The fourth-order valence-electron chi connectivity index (χ4n) is 5.17. The average Bonchev–Trinajstić information content (AvgIpc) is 3.31. The summed E-state index contributed by atoms with van der Waals surface area (Å²) in [5.41, 5.74) is 1.51. The molecule has 0 radical (unpaired) electrons. The number of hydrogen-bond donors (Lipinski definition) is 1. The Hall–Kier alpha value is -2.18. The van der Waals surface area contributed by atoms with E-state index in [2.05, 4.69) is 37.1 Å². The van der Waals surface area contributed by atoms with E-state index in [9.17, 15) is 9.59 Å². The van der Waals surface area contributed by atoms with Crippen LogP contribution < -0.4 is 5.32 Å². The summed E-state index contributed by atoms with van der Waals surface area (Å²) in [5, 5.41) is 5.26. The number of nitrogens with zero attached hydrogens (tertiary/aromatic N) is 2. The summed E-state index contributed by atoms with van der Waals surface area (Å²) in [4.78, 5) is 32.6. The predicted molar refractivity (Wildman–Crippen MR) is 130 cm³/mol. The highest BCUT2D eigenvalue weighted by Crippen LogP contribution is 2.44. The molecule has 172 valence electrons. The van der Waals surface area contributed by atoms with Crippen LogP contribution >= 0.6 is 11.3 Å². The number of fused-ring (bicyclic) bond motifs is 1. The van der Waals surface area contributed by atoms with E-state index in [1.165, 1.54) is 19.3 Å². The molecule has 1 saturated heterocycles. The van der Waals surface area contributed by atoms with Gasteiger partial charge in [-0.1, -0.05) is 44.5 Å². The van der Waals surface area contributed by atoms with Gasteiger partial charge >= 0.3 is 0 Å². The monoisotopic (exact) mass is 453 g/mol. The van der Waals surface area contributed by atoms with Crippen LogP contribution in [0.15, 0.2) is 41.8 Å². The molecular formula is C26H35N3O2S. The van der Waals surface area contributed by atoms with Gasteiger partial charge in [0.2, 0.25) is 5.91 Å². The molecule has 6 heteroatoms. The van der Waals surface area contributed by atoms with Gasteiger partial charge in [0.1, 0.15) is 0 Å². The van der Waals surface area contributed by atoms with Gasteiger partial charge in [0.25, 0.3) is 5.91 Å². The van der Waals surface area contributed by atoms with Gasteiger partial charge < -0.3 is 10.2 Å². The second kappa shape index (κ2) is 10.2. The third-order valence-corrected chi connectivity index (χ3v) is 7.70. The number of rotatable bonds is 7. The summed E-state index contributed by atoms with van der Waals surface area (Å²) in [6.45, 7) is 9.77. The molecule has 3 atom stereocenters. The Morgan fingerprint density at radius 2 is 2.00 bits per heavy atom. The van der Waals surface area contributed by atoms with E-state index in [0.29, 0.717) is 30.6 Å². The summed E-state index contributed by atoms with van der Waals surface area (Å²) in [6.07, 6.45) is 3.77. The topological polar surface area (TPSA) is 52.7 Å². The molecule has 1 aromatic carbocycles. The third-order valence-electron chi connectivity index (χ3n) is 6.76. The van der Waals surface area contributed by atoms with Gasteiger partial charge in [0.15, 0.2) is 0 Å². The molecule has 0 saturated carbocycles. The van der Waals surface area contributed by atoms with Crippen molar-refractivity contribution in [3.8, 4) is 0 Å². The standard InChI is InChI=1S/C26H35N3O2S/c1-18(2)17-29-24(22-12-8-16-32-22)23(20-10-4-5-11-21(20)26(29)31)25(30)27-13-15-28-14-7-6-9-19(28)3/h4-5,8,10-12,16,18-19,23-24H,6-7,9,13-15,17H2,1-3H3,(H,27,30). The summed E-state index contributed by atoms with van der Waals surface area (Å²) < 4.78 is 0. The van der Waals surface area contributed by atoms with E-state index >= 15 is 0 Å². The number of likely N-dealkylation sites (tertiary alicyclic amines) is 1. The zero-order valence-corrected chi connectivity index (χ0v) is 20.2. The van der Waals surface area contributed by atoms with Gasteiger partial charge in [-0.05, 0) is 55.3 Å². The summed E-state index contributed by atoms with van der Waals surface area (Å²) >= 11 is 1.62. The molecule has 4 rings (SSSR count). The van der Waals surface area contributed by atoms with Crippen molar-refractivity contribution in [2.24, 2.45) is 5.92 Å². The maximum Gasteiger partial charge on any atom is 0.254 e. The van der Waals surface area contributed by atoms with Crippen LogP contribution in [0.5, 0.6) is 0 Å². The molecule has 32 heavy (non-hydrogen) atoms. The van der Waals surface area contributed by atoms with E-state index in [1.54, 1.807) is 11.3 Å². The largest absolute Gasteiger partial charge is 0.354 e. The van der Waals surface area contributed by atoms with Crippen molar-refractivity contribution in [1.29, 1.82) is 0 Å². The minimum Gasteiger partial charge on any atom is -0.354 e. The van der Waals surface area contributed by atoms with Crippen LogP contribution in [-0.2, 0) is 4.79 Å². The smallest absolute Gasteiger partial charge is 0.254 e. The number of carbonyl (C=O) groups is 2. The molecule has 2 aromatic rings. The fraction of sp³-hybridized carbons (Fsp3) is 0.538. The number of nitrogens with one attached hydrogen (secondary N) is 1. The van der Waals surface area contributed by atoms with Crippen molar-refractivity contribution in [1.82, 2.24) is 15.1 Å². The summed E-state index contributed by atoms with van der Waals surface area (Å²) in [6, 6.07) is 12.0. The lowest BCUT2D eigenvalue weighted by atomic mass is 9.81. The van der Waals surface area contributed by atoms with Crippen LogP contribution in [0.1, 0.15) is 72.8 Å². The van der Waals surface area contributed by atoms with E-state index < -0.39 is 5.92 Å². The zero-order chi connectivity index (χ0) is 22.7. The minimum absolute atomic E-state index is 0.0155. The Bertz CT molecular complexity index is 927. The first kappa shape index (κ1) is 23.0. The fourth-order valence-corrected chi connectivity index (χ4v) is 6.04. The van der Waals surface area contributed by atoms with E-state index in [0.717, 1.165) is 23.5 Å². The highest BCUT2D eigenvalue weighted by Gasteiger charge is 2.44. The van der Waals surface area contributed by atoms with Crippen molar-refractivity contribution in [2.75, 3.05) is 26.2 Å². The van der Waals surface area contributed by atoms with Gasteiger partial charge in [-0.15, -0.1) is 11.3 Å².